The number of halogens is 4. The van der Waals surface area contributed by atoms with E-state index in [4.69, 9.17) is 14.0 Å². The first-order chi connectivity index (χ1) is 17.6. The summed E-state index contributed by atoms with van der Waals surface area (Å²) in [7, 11) is 1.46. The summed E-state index contributed by atoms with van der Waals surface area (Å²) >= 11 is 0. The molecule has 0 bridgehead atoms. The molecule has 204 valence electrons. The van der Waals surface area contributed by atoms with Gasteiger partial charge in [-0.3, -0.25) is 4.79 Å². The number of hydrogen-bond donors (Lipinski definition) is 1. The molecule has 0 aromatic carbocycles. The van der Waals surface area contributed by atoms with Crippen molar-refractivity contribution in [3.05, 3.63) is 35.2 Å². The van der Waals surface area contributed by atoms with Gasteiger partial charge in [0.1, 0.15) is 11.4 Å². The van der Waals surface area contributed by atoms with Gasteiger partial charge in [-0.1, -0.05) is 6.07 Å². The highest BCUT2D eigenvalue weighted by Crippen LogP contribution is 2.35. The number of ether oxygens (including phenoxy) is 2. The molecule has 0 unspecified atom stereocenters. The number of nitrogens with one attached hydrogen (secondary N) is 1. The summed E-state index contributed by atoms with van der Waals surface area (Å²) in [4.78, 5) is 18.7. The zero-order valence-electron chi connectivity index (χ0n) is 20.8. The third-order valence-corrected chi connectivity index (χ3v) is 6.99. The van der Waals surface area contributed by atoms with Crippen LogP contribution in [0.2, 0.25) is 0 Å². The Morgan fingerprint density at radius 2 is 1.97 bits per heavy atom. The minimum atomic E-state index is -4.41. The van der Waals surface area contributed by atoms with Crippen LogP contribution in [0.4, 0.5) is 17.6 Å². The highest BCUT2D eigenvalue weighted by atomic mass is 19.4. The fourth-order valence-corrected chi connectivity index (χ4v) is 4.87. The van der Waals surface area contributed by atoms with Crippen molar-refractivity contribution in [2.75, 3.05) is 33.4 Å². The van der Waals surface area contributed by atoms with E-state index in [0.29, 0.717) is 69.7 Å². The number of nitrogens with zero attached hydrogens (tertiary/aromatic N) is 3. The summed E-state index contributed by atoms with van der Waals surface area (Å²) < 4.78 is 67.5. The van der Waals surface area contributed by atoms with Crippen molar-refractivity contribution < 1.29 is 36.4 Å². The normalized spacial score (nSPS) is 22.7. The summed E-state index contributed by atoms with van der Waals surface area (Å²) in [5.74, 6) is 0.494. The first-order valence-corrected chi connectivity index (χ1v) is 12.5. The Balaban J connectivity index is 1.19. The smallest absolute Gasteiger partial charge is 0.422 e. The van der Waals surface area contributed by atoms with Gasteiger partial charge in [0.15, 0.2) is 6.61 Å². The molecule has 1 aliphatic carbocycles. The first kappa shape index (κ1) is 27.2. The van der Waals surface area contributed by atoms with Crippen LogP contribution >= 0.6 is 0 Å². The number of carbonyl (C=O) groups is 1. The predicted octanol–water partition coefficient (Wildman–Crippen LogP) is 3.82. The largest absolute Gasteiger partial charge is 0.479 e. The number of carbonyl (C=O) groups excluding carboxylic acids is 1. The molecule has 2 aliphatic rings. The molecule has 3 heterocycles. The van der Waals surface area contributed by atoms with Crippen molar-refractivity contribution in [3.8, 4) is 11.8 Å². The Kier molecular flexibility index (Phi) is 8.56. The number of pyridine rings is 1. The molecule has 12 heteroatoms. The van der Waals surface area contributed by atoms with E-state index in [1.807, 2.05) is 0 Å². The van der Waals surface area contributed by atoms with Crippen LogP contribution in [0, 0.1) is 0 Å². The Hall–Kier alpha value is -2.89. The predicted molar refractivity (Wildman–Crippen MR) is 125 cm³/mol. The van der Waals surface area contributed by atoms with Gasteiger partial charge in [-0.15, -0.1) is 0 Å². The Morgan fingerprint density at radius 3 is 2.68 bits per heavy atom. The van der Waals surface area contributed by atoms with E-state index in [9.17, 15) is 18.0 Å². The van der Waals surface area contributed by atoms with Crippen LogP contribution in [0.3, 0.4) is 0 Å². The van der Waals surface area contributed by atoms with Gasteiger partial charge in [-0.2, -0.15) is 13.2 Å². The SMILES string of the molecule is COc1cc(CC(=O)NC2CCC(F)(CCN3CCc4ccc(OCC(F)(F)F)nc4CC3)CC2)on1. The minimum absolute atomic E-state index is 0.0309. The summed E-state index contributed by atoms with van der Waals surface area (Å²) in [6.07, 6.45) is -0.797. The van der Waals surface area contributed by atoms with Crippen molar-refractivity contribution >= 4 is 5.91 Å². The van der Waals surface area contributed by atoms with Crippen LogP contribution in [0.25, 0.3) is 0 Å². The molecule has 0 radical (unpaired) electrons. The van der Waals surface area contributed by atoms with Crippen LogP contribution in [-0.4, -0.2) is 72.2 Å². The number of fused-ring (bicyclic) bond motifs is 1. The van der Waals surface area contributed by atoms with Crippen molar-refractivity contribution in [3.63, 3.8) is 0 Å². The lowest BCUT2D eigenvalue weighted by atomic mass is 9.81. The zero-order chi connectivity index (χ0) is 26.5. The molecule has 8 nitrogen and oxygen atoms in total. The van der Waals surface area contributed by atoms with E-state index in [-0.39, 0.29) is 24.2 Å². The zero-order valence-corrected chi connectivity index (χ0v) is 20.8. The maximum absolute atomic E-state index is 15.5. The second kappa shape index (κ2) is 11.7. The van der Waals surface area contributed by atoms with Crippen molar-refractivity contribution in [2.24, 2.45) is 0 Å². The Bertz CT molecular complexity index is 1050. The number of hydrogen-bond acceptors (Lipinski definition) is 7. The van der Waals surface area contributed by atoms with E-state index in [0.717, 1.165) is 17.8 Å². The summed E-state index contributed by atoms with van der Waals surface area (Å²) in [6, 6.07) is 4.72. The third-order valence-electron chi connectivity index (χ3n) is 6.99. The second-order valence-corrected chi connectivity index (χ2v) is 9.76. The van der Waals surface area contributed by atoms with Crippen LogP contribution in [0.5, 0.6) is 11.8 Å². The summed E-state index contributed by atoms with van der Waals surface area (Å²) in [5, 5.41) is 6.63. The van der Waals surface area contributed by atoms with Crippen LogP contribution in [0.1, 0.15) is 49.1 Å². The quantitative estimate of drug-likeness (QED) is 0.495. The molecule has 1 aliphatic heterocycles. The van der Waals surface area contributed by atoms with E-state index in [2.05, 4.69) is 20.4 Å². The molecular formula is C25H32F4N4O4. The monoisotopic (exact) mass is 528 g/mol. The van der Waals surface area contributed by atoms with Gasteiger partial charge in [-0.25, -0.2) is 9.37 Å². The molecule has 4 rings (SSSR count). The van der Waals surface area contributed by atoms with E-state index >= 15 is 4.39 Å². The average Bonchev–Trinajstić information content (AvgIpc) is 3.21. The number of alkyl halides is 4. The third kappa shape index (κ3) is 8.05. The Morgan fingerprint density at radius 1 is 1.22 bits per heavy atom. The second-order valence-electron chi connectivity index (χ2n) is 9.76. The maximum Gasteiger partial charge on any atom is 0.422 e. The molecule has 0 spiro atoms. The standard InChI is InChI=1S/C25H32F4N4O4/c1-35-23-15-19(37-32-23)14-21(34)30-18-4-8-24(26,9-5-18)10-13-33-11-6-17-2-3-22(31-20(17)7-12-33)36-16-25(27,28)29/h2-3,15,18H,4-14,16H2,1H3,(H,30,34). The first-order valence-electron chi connectivity index (χ1n) is 12.5. The fourth-order valence-electron chi connectivity index (χ4n) is 4.87. The summed E-state index contributed by atoms with van der Waals surface area (Å²) in [5.41, 5.74) is 0.434. The van der Waals surface area contributed by atoms with E-state index in [1.165, 1.54) is 13.2 Å². The lowest BCUT2D eigenvalue weighted by Gasteiger charge is -2.35. The van der Waals surface area contributed by atoms with Gasteiger partial charge < -0.3 is 24.2 Å². The van der Waals surface area contributed by atoms with Crippen LogP contribution in [-0.2, 0) is 24.1 Å². The minimum Gasteiger partial charge on any atom is -0.479 e. The van der Waals surface area contributed by atoms with E-state index in [1.54, 1.807) is 12.1 Å². The highest BCUT2D eigenvalue weighted by Gasteiger charge is 2.36. The highest BCUT2D eigenvalue weighted by molar-refractivity contribution is 5.78. The van der Waals surface area contributed by atoms with Crippen molar-refractivity contribution in [1.82, 2.24) is 20.4 Å². The molecular weight excluding hydrogens is 496 g/mol. The molecule has 2 aromatic rings. The maximum atomic E-state index is 15.5. The van der Waals surface area contributed by atoms with E-state index < -0.39 is 18.5 Å². The lowest BCUT2D eigenvalue weighted by Crippen LogP contribution is -2.43. The summed E-state index contributed by atoms with van der Waals surface area (Å²) in [6.45, 7) is 0.611. The van der Waals surface area contributed by atoms with Crippen LogP contribution < -0.4 is 14.8 Å². The number of amides is 1. The van der Waals surface area contributed by atoms with Gasteiger partial charge in [-0.05, 0) is 49.2 Å². The van der Waals surface area contributed by atoms with Crippen molar-refractivity contribution in [2.45, 2.75) is 69.3 Å². The molecule has 1 saturated carbocycles. The molecule has 2 aromatic heterocycles. The average molecular weight is 529 g/mol. The van der Waals surface area contributed by atoms with Gasteiger partial charge in [0.25, 0.3) is 5.88 Å². The molecule has 1 N–H and O–H groups in total. The van der Waals surface area contributed by atoms with Gasteiger partial charge in [0, 0.05) is 49.9 Å². The number of aromatic nitrogens is 2. The van der Waals surface area contributed by atoms with Crippen molar-refractivity contribution in [1.29, 1.82) is 0 Å². The van der Waals surface area contributed by atoms with Gasteiger partial charge >= 0.3 is 6.18 Å². The lowest BCUT2D eigenvalue weighted by molar-refractivity contribution is -0.154. The number of methoxy groups -OCH3 is 1. The molecule has 37 heavy (non-hydrogen) atoms. The molecule has 1 amide bonds. The number of rotatable bonds is 9. The topological polar surface area (TPSA) is 89.7 Å². The molecule has 0 atom stereocenters. The molecule has 1 fully saturated rings. The van der Waals surface area contributed by atoms with Gasteiger partial charge in [0.2, 0.25) is 11.8 Å². The molecule has 0 saturated heterocycles. The fraction of sp³-hybridized carbons (Fsp3) is 0.640. The Labute approximate surface area is 212 Å². The van der Waals surface area contributed by atoms with Gasteiger partial charge in [0.05, 0.1) is 13.5 Å². The van der Waals surface area contributed by atoms with Crippen LogP contribution in [0.15, 0.2) is 22.7 Å².